The van der Waals surface area contributed by atoms with Gasteiger partial charge in [0.1, 0.15) is 0 Å². The van der Waals surface area contributed by atoms with Crippen LogP contribution in [0.1, 0.15) is 33.7 Å². The highest BCUT2D eigenvalue weighted by Gasteiger charge is 2.23. The molecule has 0 aliphatic heterocycles. The Balaban J connectivity index is 1.84. The molecule has 3 aromatic carbocycles. The Kier molecular flexibility index (Phi) is 4.03. The molecule has 0 saturated heterocycles. The Hall–Kier alpha value is -2.25. The first-order valence-electron chi connectivity index (χ1n) is 8.41. The number of rotatable bonds is 2. The summed E-state index contributed by atoms with van der Waals surface area (Å²) in [6.07, 6.45) is 3.06. The first-order chi connectivity index (χ1) is 11.7. The average molecular weight is 334 g/mol. The summed E-state index contributed by atoms with van der Waals surface area (Å²) in [6, 6.07) is 23.4. The molecule has 2 N–H and O–H groups in total. The largest absolute Gasteiger partial charge is 0.399 e. The molecule has 0 bridgehead atoms. The number of benzene rings is 3. The molecule has 1 nitrogen and oxygen atoms in total. The molecule has 0 amide bonds. The Labute approximate surface area is 148 Å². The van der Waals surface area contributed by atoms with E-state index < -0.39 is 0 Å². The van der Waals surface area contributed by atoms with E-state index in [1.54, 1.807) is 0 Å². The zero-order chi connectivity index (χ0) is 16.5. The van der Waals surface area contributed by atoms with Gasteiger partial charge in [-0.15, -0.1) is 0 Å². The van der Waals surface area contributed by atoms with Crippen molar-refractivity contribution in [1.29, 1.82) is 0 Å². The van der Waals surface area contributed by atoms with E-state index in [1.807, 2.05) is 18.2 Å². The summed E-state index contributed by atoms with van der Waals surface area (Å²) in [5.41, 5.74) is 13.7. The fourth-order valence-corrected chi connectivity index (χ4v) is 4.04. The van der Waals surface area contributed by atoms with E-state index >= 15 is 0 Å². The van der Waals surface area contributed by atoms with Gasteiger partial charge >= 0.3 is 0 Å². The molecule has 0 saturated carbocycles. The number of nitrogen functional groups attached to an aromatic ring is 1. The lowest BCUT2D eigenvalue weighted by Gasteiger charge is -2.21. The normalized spacial score (nSPS) is 16.1. The Morgan fingerprint density at radius 1 is 0.833 bits per heavy atom. The number of aryl methyl sites for hydroxylation is 2. The quantitative estimate of drug-likeness (QED) is 0.625. The van der Waals surface area contributed by atoms with Crippen LogP contribution in [0.5, 0.6) is 0 Å². The second-order valence-corrected chi connectivity index (χ2v) is 6.98. The molecular weight excluding hydrogens is 314 g/mol. The van der Waals surface area contributed by atoms with Crippen molar-refractivity contribution in [3.05, 3.63) is 99.6 Å². The Morgan fingerprint density at radius 3 is 2.50 bits per heavy atom. The van der Waals surface area contributed by atoms with Gasteiger partial charge in [-0.05, 0) is 71.3 Å². The number of nitrogens with two attached hydrogens (primary N) is 1. The van der Waals surface area contributed by atoms with Gasteiger partial charge in [-0.1, -0.05) is 54.1 Å². The summed E-state index contributed by atoms with van der Waals surface area (Å²) >= 11 is 6.25. The highest BCUT2D eigenvalue weighted by Crippen LogP contribution is 2.37. The van der Waals surface area contributed by atoms with E-state index in [0.29, 0.717) is 5.92 Å². The Bertz CT molecular complexity index is 885. The van der Waals surface area contributed by atoms with E-state index in [0.717, 1.165) is 30.0 Å². The van der Waals surface area contributed by atoms with Gasteiger partial charge in [-0.3, -0.25) is 0 Å². The molecule has 24 heavy (non-hydrogen) atoms. The van der Waals surface area contributed by atoms with Crippen molar-refractivity contribution in [3.63, 3.8) is 0 Å². The second kappa shape index (κ2) is 6.33. The fraction of sp³-hybridized carbons (Fsp3) is 0.182. The van der Waals surface area contributed by atoms with E-state index in [9.17, 15) is 0 Å². The maximum Gasteiger partial charge on any atom is 0.0408 e. The van der Waals surface area contributed by atoms with Crippen LogP contribution in [-0.2, 0) is 19.3 Å². The molecule has 0 spiro atoms. The van der Waals surface area contributed by atoms with Crippen LogP contribution in [0.4, 0.5) is 5.69 Å². The minimum absolute atomic E-state index is 0.345. The monoisotopic (exact) mass is 333 g/mol. The highest BCUT2D eigenvalue weighted by molar-refractivity contribution is 6.30. The number of anilines is 1. The third kappa shape index (κ3) is 2.92. The lowest BCUT2D eigenvalue weighted by molar-refractivity contribution is 0.800. The fourth-order valence-electron chi connectivity index (χ4n) is 3.85. The Morgan fingerprint density at radius 2 is 1.62 bits per heavy atom. The molecule has 0 heterocycles. The molecule has 0 fully saturated rings. The first kappa shape index (κ1) is 15.3. The van der Waals surface area contributed by atoms with Crippen molar-refractivity contribution in [3.8, 4) is 0 Å². The summed E-state index contributed by atoms with van der Waals surface area (Å²) < 4.78 is 0. The van der Waals surface area contributed by atoms with Gasteiger partial charge in [0, 0.05) is 16.6 Å². The molecule has 4 rings (SSSR count). The molecule has 120 valence electrons. The maximum atomic E-state index is 6.25. The van der Waals surface area contributed by atoms with E-state index in [4.69, 9.17) is 17.3 Å². The molecule has 1 aliphatic rings. The average Bonchev–Trinajstić information content (AvgIpc) is 2.73. The van der Waals surface area contributed by atoms with Crippen molar-refractivity contribution in [2.75, 3.05) is 5.73 Å². The number of hydrogen-bond acceptors (Lipinski definition) is 1. The van der Waals surface area contributed by atoms with Crippen LogP contribution >= 0.6 is 11.6 Å². The predicted molar refractivity (Wildman–Crippen MR) is 102 cm³/mol. The topological polar surface area (TPSA) is 26.0 Å². The highest BCUT2D eigenvalue weighted by atomic mass is 35.5. The molecule has 0 radical (unpaired) electrons. The maximum absolute atomic E-state index is 6.25. The summed E-state index contributed by atoms with van der Waals surface area (Å²) in [5.74, 6) is 0.345. The van der Waals surface area contributed by atoms with Crippen LogP contribution in [0.2, 0.25) is 5.02 Å². The molecule has 0 aromatic heterocycles. The third-order valence-corrected chi connectivity index (χ3v) is 5.20. The number of fused-ring (bicyclic) bond motifs is 2. The van der Waals surface area contributed by atoms with Gasteiger partial charge in [-0.2, -0.15) is 0 Å². The van der Waals surface area contributed by atoms with Crippen molar-refractivity contribution in [2.24, 2.45) is 0 Å². The van der Waals surface area contributed by atoms with Crippen LogP contribution in [0.25, 0.3) is 0 Å². The van der Waals surface area contributed by atoms with Crippen molar-refractivity contribution in [1.82, 2.24) is 0 Å². The van der Waals surface area contributed by atoms with E-state index in [-0.39, 0.29) is 0 Å². The summed E-state index contributed by atoms with van der Waals surface area (Å²) in [5, 5.41) is 0.822. The lowest BCUT2D eigenvalue weighted by atomic mass is 9.83. The van der Waals surface area contributed by atoms with E-state index in [1.165, 1.54) is 27.8 Å². The zero-order valence-electron chi connectivity index (χ0n) is 13.5. The summed E-state index contributed by atoms with van der Waals surface area (Å²) in [6.45, 7) is 0. The van der Waals surface area contributed by atoms with Gasteiger partial charge in [-0.25, -0.2) is 0 Å². The van der Waals surface area contributed by atoms with Crippen molar-refractivity contribution in [2.45, 2.75) is 25.2 Å². The van der Waals surface area contributed by atoms with Crippen molar-refractivity contribution < 1.29 is 0 Å². The van der Waals surface area contributed by atoms with Crippen molar-refractivity contribution >= 4 is 17.3 Å². The molecule has 1 atom stereocenters. The first-order valence-corrected chi connectivity index (χ1v) is 8.79. The zero-order valence-corrected chi connectivity index (χ0v) is 14.3. The van der Waals surface area contributed by atoms with Crippen LogP contribution in [-0.4, -0.2) is 0 Å². The van der Waals surface area contributed by atoms with Gasteiger partial charge in [0.25, 0.3) is 0 Å². The smallest absolute Gasteiger partial charge is 0.0408 e. The summed E-state index contributed by atoms with van der Waals surface area (Å²) in [7, 11) is 0. The van der Waals surface area contributed by atoms with Gasteiger partial charge < -0.3 is 5.73 Å². The second-order valence-electron chi connectivity index (χ2n) is 6.54. The minimum atomic E-state index is 0.345. The molecular formula is C22H20ClN. The third-order valence-electron chi connectivity index (χ3n) is 4.97. The van der Waals surface area contributed by atoms with Gasteiger partial charge in [0.05, 0.1) is 0 Å². The molecule has 2 heteroatoms. The van der Waals surface area contributed by atoms with Gasteiger partial charge in [0.15, 0.2) is 0 Å². The standard InChI is InChI=1S/C22H20ClN/c23-18-10-11-21-17(14-18)9-8-16-5-1-2-7-20(16)22(21)13-15-4-3-6-19(24)12-15/h1-7,10-12,14,22H,8-9,13,24H2. The van der Waals surface area contributed by atoms with E-state index in [2.05, 4.69) is 48.5 Å². The SMILES string of the molecule is Nc1cccc(CC2c3ccccc3CCc3cc(Cl)ccc32)c1. The van der Waals surface area contributed by atoms with Gasteiger partial charge in [0.2, 0.25) is 0 Å². The molecule has 1 aliphatic carbocycles. The number of halogens is 1. The summed E-state index contributed by atoms with van der Waals surface area (Å²) in [4.78, 5) is 0. The predicted octanol–water partition coefficient (Wildman–Crippen LogP) is 5.40. The molecule has 3 aromatic rings. The van der Waals surface area contributed by atoms with Crippen LogP contribution in [0, 0.1) is 0 Å². The van der Waals surface area contributed by atoms with Crippen LogP contribution in [0.15, 0.2) is 66.7 Å². The molecule has 1 unspecified atom stereocenters. The number of hydrogen-bond donors (Lipinski definition) is 1. The lowest BCUT2D eigenvalue weighted by Crippen LogP contribution is -2.07. The minimum Gasteiger partial charge on any atom is -0.399 e. The van der Waals surface area contributed by atoms with Crippen LogP contribution in [0.3, 0.4) is 0 Å². The van der Waals surface area contributed by atoms with Crippen LogP contribution < -0.4 is 5.73 Å².